The average molecular weight is 484 g/mol. The number of imide groups is 1. The van der Waals surface area contributed by atoms with Crippen molar-refractivity contribution in [2.75, 3.05) is 38.8 Å². The Kier molecular flexibility index (Phi) is 8.11. The van der Waals surface area contributed by atoms with Crippen LogP contribution < -0.4 is 16.4 Å². The first-order valence-electron chi connectivity index (χ1n) is 9.57. The van der Waals surface area contributed by atoms with Gasteiger partial charge in [0.1, 0.15) is 23.7 Å². The van der Waals surface area contributed by atoms with E-state index in [4.69, 9.17) is 19.9 Å². The van der Waals surface area contributed by atoms with E-state index in [0.717, 1.165) is 11.3 Å². The average Bonchev–Trinajstić information content (AvgIpc) is 3.14. The van der Waals surface area contributed by atoms with Crippen molar-refractivity contribution < 1.29 is 43.0 Å². The summed E-state index contributed by atoms with van der Waals surface area (Å²) in [5, 5.41) is 4.78. The third-order valence-corrected chi connectivity index (χ3v) is 5.67. The molecule has 14 heteroatoms. The van der Waals surface area contributed by atoms with Gasteiger partial charge in [0.05, 0.1) is 17.0 Å². The summed E-state index contributed by atoms with van der Waals surface area (Å²) in [4.78, 5) is 73.0. The summed E-state index contributed by atoms with van der Waals surface area (Å²) in [7, 11) is 1.43. The Morgan fingerprint density at radius 3 is 2.36 bits per heavy atom. The Bertz CT molecular complexity index is 1000. The number of methoxy groups -OCH3 is 1. The van der Waals surface area contributed by atoms with Gasteiger partial charge in [-0.25, -0.2) is 9.59 Å². The van der Waals surface area contributed by atoms with Gasteiger partial charge in [0.15, 0.2) is 6.61 Å². The molecule has 1 aliphatic heterocycles. The Hall–Kier alpha value is -3.52. The van der Waals surface area contributed by atoms with Crippen LogP contribution in [0.3, 0.4) is 0 Å². The van der Waals surface area contributed by atoms with Crippen molar-refractivity contribution in [1.82, 2.24) is 10.2 Å². The SMILES string of the molecule is COCCOC(=O)c1c(NC(=O)COC(=O)CN2C(=O)NC(C)(C)C2=O)sc(C(N)=O)c1C. The molecule has 180 valence electrons. The van der Waals surface area contributed by atoms with Crippen LogP contribution in [0.4, 0.5) is 9.80 Å². The van der Waals surface area contributed by atoms with Gasteiger partial charge in [-0.3, -0.25) is 24.1 Å². The van der Waals surface area contributed by atoms with Gasteiger partial charge in [0, 0.05) is 7.11 Å². The smallest absolute Gasteiger partial charge is 0.341 e. The number of ether oxygens (including phenoxy) is 3. The minimum absolute atomic E-state index is 0.0133. The lowest BCUT2D eigenvalue weighted by Crippen LogP contribution is -2.41. The summed E-state index contributed by atoms with van der Waals surface area (Å²) in [5.74, 6) is -4.04. The number of nitrogens with zero attached hydrogens (tertiary/aromatic N) is 1. The van der Waals surface area contributed by atoms with Gasteiger partial charge in [-0.2, -0.15) is 0 Å². The first-order chi connectivity index (χ1) is 15.4. The highest BCUT2D eigenvalue weighted by molar-refractivity contribution is 7.18. The molecular formula is C19H24N4O9S. The summed E-state index contributed by atoms with van der Waals surface area (Å²) >= 11 is 0.766. The molecule has 2 rings (SSSR count). The molecule has 13 nitrogen and oxygen atoms in total. The topological polar surface area (TPSA) is 183 Å². The minimum atomic E-state index is -1.15. The van der Waals surface area contributed by atoms with Crippen molar-refractivity contribution in [3.05, 3.63) is 16.0 Å². The summed E-state index contributed by atoms with van der Waals surface area (Å²) in [6.45, 7) is 3.07. The van der Waals surface area contributed by atoms with Gasteiger partial charge in [-0.05, 0) is 26.3 Å². The van der Waals surface area contributed by atoms with Gasteiger partial charge in [0.25, 0.3) is 17.7 Å². The summed E-state index contributed by atoms with van der Waals surface area (Å²) in [5.41, 5.74) is 4.33. The van der Waals surface area contributed by atoms with E-state index in [-0.39, 0.29) is 34.2 Å². The lowest BCUT2D eigenvalue weighted by Gasteiger charge is -2.15. The fraction of sp³-hybridized carbons (Fsp3) is 0.474. The van der Waals surface area contributed by atoms with Crippen LogP contribution in [-0.2, 0) is 28.6 Å². The maximum atomic E-state index is 12.4. The van der Waals surface area contributed by atoms with Gasteiger partial charge in [-0.1, -0.05) is 0 Å². The fourth-order valence-corrected chi connectivity index (χ4v) is 3.88. The van der Waals surface area contributed by atoms with Crippen LogP contribution in [0.2, 0.25) is 0 Å². The number of hydrogen-bond donors (Lipinski definition) is 3. The quantitative estimate of drug-likeness (QED) is 0.229. The third-order valence-electron chi connectivity index (χ3n) is 4.44. The van der Waals surface area contributed by atoms with E-state index in [2.05, 4.69) is 10.6 Å². The second-order valence-electron chi connectivity index (χ2n) is 7.41. The molecule has 0 bridgehead atoms. The van der Waals surface area contributed by atoms with Crippen molar-refractivity contribution in [1.29, 1.82) is 0 Å². The number of carbonyl (C=O) groups excluding carboxylic acids is 6. The number of esters is 2. The highest BCUT2D eigenvalue weighted by Crippen LogP contribution is 2.33. The van der Waals surface area contributed by atoms with E-state index in [1.807, 2.05) is 0 Å². The zero-order valence-corrected chi connectivity index (χ0v) is 19.3. The first kappa shape index (κ1) is 25.7. The maximum absolute atomic E-state index is 12.4. The van der Waals surface area contributed by atoms with E-state index in [9.17, 15) is 28.8 Å². The summed E-state index contributed by atoms with van der Waals surface area (Å²) in [6, 6.07) is -0.754. The number of nitrogens with two attached hydrogens (primary N) is 1. The standard InChI is InChI=1S/C19H24N4O9S/c1-9-12(16(27)31-6-5-30-4)15(33-13(9)14(20)26)21-10(24)8-32-11(25)7-23-17(28)19(2,3)22-18(23)29/h5-8H2,1-4H3,(H2,20,26)(H,21,24)(H,22,29). The molecule has 0 radical (unpaired) electrons. The molecule has 2 heterocycles. The van der Waals surface area contributed by atoms with Crippen molar-refractivity contribution >= 4 is 52.0 Å². The lowest BCUT2D eigenvalue weighted by molar-refractivity contribution is -0.150. The highest BCUT2D eigenvalue weighted by atomic mass is 32.1. The number of anilines is 1. The fourth-order valence-electron chi connectivity index (χ4n) is 2.82. The summed E-state index contributed by atoms with van der Waals surface area (Å²) < 4.78 is 14.7. The molecule has 33 heavy (non-hydrogen) atoms. The van der Waals surface area contributed by atoms with Crippen molar-refractivity contribution in [3.63, 3.8) is 0 Å². The third kappa shape index (κ3) is 6.04. The number of nitrogens with one attached hydrogen (secondary N) is 2. The monoisotopic (exact) mass is 484 g/mol. The van der Waals surface area contributed by atoms with Gasteiger partial charge in [-0.15, -0.1) is 11.3 Å². The second kappa shape index (κ2) is 10.4. The van der Waals surface area contributed by atoms with Gasteiger partial charge in [0.2, 0.25) is 0 Å². The molecule has 4 N–H and O–H groups in total. The number of primary amides is 1. The zero-order chi connectivity index (χ0) is 24.9. The predicted molar refractivity (Wildman–Crippen MR) is 114 cm³/mol. The molecular weight excluding hydrogens is 460 g/mol. The molecule has 0 atom stereocenters. The molecule has 5 amide bonds. The number of amides is 5. The maximum Gasteiger partial charge on any atom is 0.341 e. The number of hydrogen-bond acceptors (Lipinski definition) is 10. The van der Waals surface area contributed by atoms with Crippen molar-refractivity contribution in [2.24, 2.45) is 5.73 Å². The number of carbonyl (C=O) groups is 6. The van der Waals surface area contributed by atoms with E-state index in [1.54, 1.807) is 0 Å². The normalized spacial score (nSPS) is 14.6. The van der Waals surface area contributed by atoms with Crippen molar-refractivity contribution in [2.45, 2.75) is 26.3 Å². The molecule has 1 aromatic heterocycles. The van der Waals surface area contributed by atoms with Crippen LogP contribution in [0.15, 0.2) is 0 Å². The highest BCUT2D eigenvalue weighted by Gasteiger charge is 2.45. The predicted octanol–water partition coefficient (Wildman–Crippen LogP) is -0.229. The number of rotatable bonds is 10. The Morgan fingerprint density at radius 1 is 1.15 bits per heavy atom. The first-order valence-corrected chi connectivity index (χ1v) is 10.4. The number of thiophene rings is 1. The Labute approximate surface area is 192 Å². The summed E-state index contributed by atoms with van der Waals surface area (Å²) in [6.07, 6.45) is 0. The van der Waals surface area contributed by atoms with Crippen LogP contribution in [0.1, 0.15) is 39.4 Å². The molecule has 1 fully saturated rings. The Balaban J connectivity index is 2.03. The lowest BCUT2D eigenvalue weighted by atomic mass is 10.1. The van der Waals surface area contributed by atoms with Crippen LogP contribution in [0, 0.1) is 6.92 Å². The van der Waals surface area contributed by atoms with E-state index >= 15 is 0 Å². The minimum Gasteiger partial charge on any atom is -0.460 e. The van der Waals surface area contributed by atoms with Crippen LogP contribution in [0.5, 0.6) is 0 Å². The zero-order valence-electron chi connectivity index (χ0n) is 18.4. The molecule has 0 saturated carbocycles. The Morgan fingerprint density at radius 2 is 1.82 bits per heavy atom. The molecule has 1 saturated heterocycles. The van der Waals surface area contributed by atoms with Crippen LogP contribution in [0.25, 0.3) is 0 Å². The molecule has 1 aromatic rings. The molecule has 0 aliphatic carbocycles. The van der Waals surface area contributed by atoms with E-state index in [1.165, 1.54) is 27.9 Å². The molecule has 0 unspecified atom stereocenters. The van der Waals surface area contributed by atoms with Gasteiger partial charge < -0.3 is 30.6 Å². The number of urea groups is 1. The largest absolute Gasteiger partial charge is 0.460 e. The molecule has 0 spiro atoms. The van der Waals surface area contributed by atoms with Crippen molar-refractivity contribution in [3.8, 4) is 0 Å². The molecule has 0 aromatic carbocycles. The van der Waals surface area contributed by atoms with Crippen LogP contribution >= 0.6 is 11.3 Å². The second-order valence-corrected chi connectivity index (χ2v) is 8.43. The molecule has 1 aliphatic rings. The van der Waals surface area contributed by atoms with E-state index < -0.39 is 54.4 Å². The van der Waals surface area contributed by atoms with E-state index in [0.29, 0.717) is 4.90 Å². The van der Waals surface area contributed by atoms with Gasteiger partial charge >= 0.3 is 18.0 Å². The van der Waals surface area contributed by atoms with Crippen LogP contribution in [-0.4, -0.2) is 79.6 Å².